The number of amides is 1. The van der Waals surface area contributed by atoms with E-state index in [-0.39, 0.29) is 18.1 Å². The molecule has 2 N–H and O–H groups in total. The van der Waals surface area contributed by atoms with E-state index in [1.165, 1.54) is 0 Å². The van der Waals surface area contributed by atoms with Crippen LogP contribution in [0.2, 0.25) is 0 Å². The highest BCUT2D eigenvalue weighted by Crippen LogP contribution is 2.18. The molecule has 1 rings (SSSR count). The largest absolute Gasteiger partial charge is 0.464 e. The molecule has 6 heteroatoms. The van der Waals surface area contributed by atoms with Gasteiger partial charge in [0.1, 0.15) is 11.6 Å². The van der Waals surface area contributed by atoms with E-state index in [0.29, 0.717) is 25.1 Å². The van der Waals surface area contributed by atoms with E-state index >= 15 is 0 Å². The second-order valence-electron chi connectivity index (χ2n) is 7.94. The van der Waals surface area contributed by atoms with Gasteiger partial charge in [-0.1, -0.05) is 20.3 Å². The first-order chi connectivity index (χ1) is 11.2. The third kappa shape index (κ3) is 9.11. The molecule has 0 radical (unpaired) electrons. The zero-order valence-electron chi connectivity index (χ0n) is 15.8. The highest BCUT2D eigenvalue weighted by molar-refractivity contribution is 5.76. The summed E-state index contributed by atoms with van der Waals surface area (Å²) < 4.78 is 10.5. The quantitative estimate of drug-likeness (QED) is 0.524. The van der Waals surface area contributed by atoms with E-state index in [4.69, 9.17) is 9.47 Å². The van der Waals surface area contributed by atoms with E-state index < -0.39 is 5.60 Å². The van der Waals surface area contributed by atoms with Gasteiger partial charge in [0.25, 0.3) is 0 Å². The standard InChI is InChI=1S/C18H34N2O4/c1-13(2)12-23-16(21)15-10-9-14(20-15)8-6-7-11-19-17(22)24-18(3,4)5/h13-15,20H,6-12H2,1-5H3,(H,19,22)/t14-,15-/m0/s1. The Morgan fingerprint density at radius 3 is 2.54 bits per heavy atom. The Kier molecular flexibility index (Phi) is 8.53. The highest BCUT2D eigenvalue weighted by atomic mass is 16.6. The minimum atomic E-state index is -0.461. The van der Waals surface area contributed by atoms with Crippen LogP contribution in [-0.2, 0) is 14.3 Å². The van der Waals surface area contributed by atoms with E-state index in [9.17, 15) is 9.59 Å². The maximum absolute atomic E-state index is 11.9. The van der Waals surface area contributed by atoms with Gasteiger partial charge in [0.05, 0.1) is 6.61 Å². The summed E-state index contributed by atoms with van der Waals surface area (Å²) in [5, 5.41) is 6.12. The molecular weight excluding hydrogens is 308 g/mol. The maximum atomic E-state index is 11.9. The first kappa shape index (κ1) is 20.7. The average molecular weight is 342 g/mol. The molecule has 1 fully saturated rings. The number of alkyl carbamates (subject to hydrolysis) is 1. The third-order valence-electron chi connectivity index (χ3n) is 3.73. The van der Waals surface area contributed by atoms with Crippen LogP contribution < -0.4 is 10.6 Å². The summed E-state index contributed by atoms with van der Waals surface area (Å²) in [6.07, 6.45) is 4.39. The fraction of sp³-hybridized carbons (Fsp3) is 0.889. The van der Waals surface area contributed by atoms with Crippen molar-refractivity contribution in [2.75, 3.05) is 13.2 Å². The SMILES string of the molecule is CC(C)COC(=O)[C@@H]1CC[C@H](CCCCNC(=O)OC(C)(C)C)N1. The fourth-order valence-electron chi connectivity index (χ4n) is 2.60. The third-order valence-corrected chi connectivity index (χ3v) is 3.73. The van der Waals surface area contributed by atoms with Crippen LogP contribution in [0.4, 0.5) is 4.79 Å². The summed E-state index contributed by atoms with van der Waals surface area (Å²) in [5.41, 5.74) is -0.461. The summed E-state index contributed by atoms with van der Waals surface area (Å²) in [7, 11) is 0. The van der Waals surface area contributed by atoms with Crippen molar-refractivity contribution in [1.29, 1.82) is 0 Å². The second kappa shape index (κ2) is 9.87. The van der Waals surface area contributed by atoms with E-state index in [1.807, 2.05) is 34.6 Å². The van der Waals surface area contributed by atoms with E-state index in [1.54, 1.807) is 0 Å². The van der Waals surface area contributed by atoms with Crippen molar-refractivity contribution in [3.63, 3.8) is 0 Å². The summed E-state index contributed by atoms with van der Waals surface area (Å²) in [6.45, 7) is 10.7. The molecule has 0 saturated carbocycles. The second-order valence-corrected chi connectivity index (χ2v) is 7.94. The van der Waals surface area contributed by atoms with Crippen molar-refractivity contribution >= 4 is 12.1 Å². The van der Waals surface area contributed by atoms with Gasteiger partial charge < -0.3 is 20.1 Å². The van der Waals surface area contributed by atoms with Crippen molar-refractivity contribution in [2.45, 2.75) is 84.4 Å². The Morgan fingerprint density at radius 1 is 1.21 bits per heavy atom. The number of hydrogen-bond donors (Lipinski definition) is 2. The van der Waals surface area contributed by atoms with Gasteiger partial charge in [0.2, 0.25) is 0 Å². The van der Waals surface area contributed by atoms with Crippen molar-refractivity contribution in [3.05, 3.63) is 0 Å². The van der Waals surface area contributed by atoms with Gasteiger partial charge in [-0.05, 0) is 52.4 Å². The van der Waals surface area contributed by atoms with Crippen LogP contribution in [0.1, 0.15) is 66.7 Å². The van der Waals surface area contributed by atoms with Gasteiger partial charge in [-0.25, -0.2) is 4.79 Å². The summed E-state index contributed by atoms with van der Waals surface area (Å²) in [5.74, 6) is 0.237. The average Bonchev–Trinajstić information content (AvgIpc) is 2.91. The van der Waals surface area contributed by atoms with Crippen LogP contribution in [0, 0.1) is 5.92 Å². The lowest BCUT2D eigenvalue weighted by molar-refractivity contribution is -0.146. The van der Waals surface area contributed by atoms with Gasteiger partial charge in [-0.2, -0.15) is 0 Å². The lowest BCUT2D eigenvalue weighted by Crippen LogP contribution is -2.37. The molecule has 140 valence electrons. The molecule has 24 heavy (non-hydrogen) atoms. The van der Waals surface area contributed by atoms with E-state index in [2.05, 4.69) is 10.6 Å². The maximum Gasteiger partial charge on any atom is 0.407 e. The lowest BCUT2D eigenvalue weighted by Gasteiger charge is -2.19. The minimum Gasteiger partial charge on any atom is -0.464 e. The Hall–Kier alpha value is -1.30. The first-order valence-electron chi connectivity index (χ1n) is 9.07. The Bertz CT molecular complexity index is 404. The van der Waals surface area contributed by atoms with Crippen LogP contribution in [0.3, 0.4) is 0 Å². The number of esters is 1. The predicted molar refractivity (Wildman–Crippen MR) is 93.8 cm³/mol. The molecule has 0 unspecified atom stereocenters. The Balaban J connectivity index is 2.09. The van der Waals surface area contributed by atoms with Crippen LogP contribution >= 0.6 is 0 Å². The zero-order valence-corrected chi connectivity index (χ0v) is 15.8. The number of unbranched alkanes of at least 4 members (excludes halogenated alkanes) is 1. The van der Waals surface area contributed by atoms with E-state index in [0.717, 1.165) is 32.1 Å². The predicted octanol–water partition coefficient (Wildman–Crippen LogP) is 3.00. The number of hydrogen-bond acceptors (Lipinski definition) is 5. The van der Waals surface area contributed by atoms with Crippen molar-refractivity contribution in [2.24, 2.45) is 5.92 Å². The molecule has 2 atom stereocenters. The van der Waals surface area contributed by atoms with Gasteiger partial charge >= 0.3 is 12.1 Å². The van der Waals surface area contributed by atoms with Gasteiger partial charge in [0.15, 0.2) is 0 Å². The van der Waals surface area contributed by atoms with Crippen LogP contribution in [0.5, 0.6) is 0 Å². The van der Waals surface area contributed by atoms with Gasteiger partial charge in [-0.3, -0.25) is 4.79 Å². The summed E-state index contributed by atoms with van der Waals surface area (Å²) in [6, 6.07) is 0.205. The van der Waals surface area contributed by atoms with Crippen LogP contribution in [0.15, 0.2) is 0 Å². The lowest BCUT2D eigenvalue weighted by atomic mass is 10.1. The summed E-state index contributed by atoms with van der Waals surface area (Å²) in [4.78, 5) is 23.4. The Labute approximate surface area is 146 Å². The van der Waals surface area contributed by atoms with Gasteiger partial charge in [0, 0.05) is 12.6 Å². The smallest absolute Gasteiger partial charge is 0.407 e. The molecule has 0 bridgehead atoms. The molecule has 0 aromatic rings. The normalized spacial score (nSPS) is 20.9. The van der Waals surface area contributed by atoms with Gasteiger partial charge in [-0.15, -0.1) is 0 Å². The molecule has 0 aromatic heterocycles. The molecule has 1 heterocycles. The molecule has 1 saturated heterocycles. The fourth-order valence-corrected chi connectivity index (χ4v) is 2.60. The number of ether oxygens (including phenoxy) is 2. The highest BCUT2D eigenvalue weighted by Gasteiger charge is 2.29. The van der Waals surface area contributed by atoms with Crippen molar-refractivity contribution < 1.29 is 19.1 Å². The molecule has 0 aromatic carbocycles. The zero-order chi connectivity index (χ0) is 18.2. The molecule has 0 spiro atoms. The minimum absolute atomic E-state index is 0.127. The van der Waals surface area contributed by atoms with Crippen molar-refractivity contribution in [1.82, 2.24) is 10.6 Å². The number of nitrogens with one attached hydrogen (secondary N) is 2. The van der Waals surface area contributed by atoms with Crippen LogP contribution in [-0.4, -0.2) is 42.9 Å². The monoisotopic (exact) mass is 342 g/mol. The Morgan fingerprint density at radius 2 is 1.92 bits per heavy atom. The van der Waals surface area contributed by atoms with Crippen molar-refractivity contribution in [3.8, 4) is 0 Å². The number of carbonyl (C=O) groups is 2. The molecular formula is C18H34N2O4. The molecule has 6 nitrogen and oxygen atoms in total. The molecule has 1 aliphatic rings. The molecule has 1 aliphatic heterocycles. The van der Waals surface area contributed by atoms with Crippen LogP contribution in [0.25, 0.3) is 0 Å². The molecule has 1 amide bonds. The molecule has 0 aliphatic carbocycles. The summed E-state index contributed by atoms with van der Waals surface area (Å²) >= 11 is 0. The number of rotatable bonds is 8. The number of carbonyl (C=O) groups excluding carboxylic acids is 2. The first-order valence-corrected chi connectivity index (χ1v) is 9.07. The topological polar surface area (TPSA) is 76.7 Å².